The summed E-state index contributed by atoms with van der Waals surface area (Å²) >= 11 is 23.1. The van der Waals surface area contributed by atoms with Gasteiger partial charge in [-0.15, -0.1) is 0 Å². The van der Waals surface area contributed by atoms with E-state index in [1.807, 2.05) is 0 Å². The molecule has 128 heavy (non-hydrogen) atoms. The molecule has 13 aromatic rings. The maximum absolute atomic E-state index is 16.5. The molecule has 0 aliphatic carbocycles. The first-order chi connectivity index (χ1) is 61.1. The van der Waals surface area contributed by atoms with E-state index in [4.69, 9.17) is 65.4 Å². The van der Waals surface area contributed by atoms with Crippen molar-refractivity contribution in [3.05, 3.63) is 286 Å². The number of fused-ring (bicyclic) bond motifs is 4. The smallest absolute Gasteiger partial charge is 0.391 e. The van der Waals surface area contributed by atoms with Crippen molar-refractivity contribution in [2.45, 2.75) is 63.0 Å². The van der Waals surface area contributed by atoms with E-state index in [1.54, 1.807) is 109 Å². The van der Waals surface area contributed by atoms with Crippen LogP contribution >= 0.6 is 46.4 Å². The highest BCUT2D eigenvalue weighted by atomic mass is 35.5. The lowest BCUT2D eigenvalue weighted by atomic mass is 9.80. The number of imide groups is 2. The lowest BCUT2D eigenvalue weighted by Crippen LogP contribution is -2.53. The molecule has 23 nitrogen and oxygen atoms in total. The van der Waals surface area contributed by atoms with Crippen LogP contribution in [-0.4, -0.2) is 125 Å². The van der Waals surface area contributed by atoms with E-state index in [2.05, 4.69) is 51.6 Å². The van der Waals surface area contributed by atoms with Gasteiger partial charge in [0.05, 0.1) is 50.2 Å². The van der Waals surface area contributed by atoms with E-state index in [0.29, 0.717) is 43.8 Å². The predicted octanol–water partition coefficient (Wildman–Crippen LogP) is 19.0. The van der Waals surface area contributed by atoms with E-state index >= 15 is 55.1 Å². The zero-order chi connectivity index (χ0) is 90.9. The van der Waals surface area contributed by atoms with Crippen molar-refractivity contribution in [1.29, 1.82) is 0 Å². The number of hydrogen-bond acceptors (Lipinski definition) is 15. The summed E-state index contributed by atoms with van der Waals surface area (Å²) in [6.45, 7) is 10.4. The molecule has 0 bridgehead atoms. The third-order valence-electron chi connectivity index (χ3n) is 21.5. The van der Waals surface area contributed by atoms with Crippen LogP contribution in [0.5, 0.6) is 46.0 Å². The van der Waals surface area contributed by atoms with Crippen molar-refractivity contribution in [3.63, 3.8) is 0 Å². The number of amides is 10. The third-order valence-corrected chi connectivity index (χ3v) is 22.1. The minimum absolute atomic E-state index is 0.00176. The average molecular weight is 1820 g/mol. The zero-order valence-electron chi connectivity index (χ0n) is 66.8. The van der Waals surface area contributed by atoms with Gasteiger partial charge in [0.2, 0.25) is 11.8 Å². The molecule has 0 saturated heterocycles. The van der Waals surface area contributed by atoms with Crippen molar-refractivity contribution < 1.29 is 98.0 Å². The Morgan fingerprint density at radius 3 is 0.852 bits per heavy atom. The highest BCUT2D eigenvalue weighted by molar-refractivity contribution is 6.80. The second-order valence-corrected chi connectivity index (χ2v) is 31.6. The fraction of sp³-hybridized carbons (Fsp3) is 0.147. The number of halogens is 10. The van der Waals surface area contributed by atoms with Crippen molar-refractivity contribution in [3.8, 4) is 46.0 Å². The maximum atomic E-state index is 16.5. The molecule has 0 fully saturated rings. The second kappa shape index (κ2) is 36.7. The fourth-order valence-corrected chi connectivity index (χ4v) is 15.9. The Hall–Kier alpha value is -14.4. The molecule has 2 heterocycles. The minimum atomic E-state index is -5.31. The number of rotatable bonds is 32. The molecule has 13 aromatic carbocycles. The van der Waals surface area contributed by atoms with Crippen molar-refractivity contribution in [2.75, 3.05) is 36.8 Å². The number of nitrogens with zero attached hydrogens (tertiary/aromatic N) is 2. The maximum Gasteiger partial charge on any atom is 0.391 e. The average Bonchev–Trinajstić information content (AvgIpc) is 0.668. The van der Waals surface area contributed by atoms with Crippen LogP contribution in [0, 0.1) is 0 Å². The molecule has 0 spiro atoms. The Balaban J connectivity index is 1.05. The molecule has 648 valence electrons. The van der Waals surface area contributed by atoms with Gasteiger partial charge in [-0.2, -0.15) is 26.3 Å². The number of nitrogens with one attached hydrogen (secondary N) is 6. The van der Waals surface area contributed by atoms with Crippen LogP contribution < -0.4 is 50.8 Å². The van der Waals surface area contributed by atoms with Gasteiger partial charge in [0.25, 0.3) is 41.4 Å². The summed E-state index contributed by atoms with van der Waals surface area (Å²) in [6, 6.07) is 45.8. The summed E-state index contributed by atoms with van der Waals surface area (Å²) in [4.78, 5) is 158. The molecule has 2 aliphatic heterocycles. The first-order valence-corrected chi connectivity index (χ1v) is 40.9. The molecule has 2 atom stereocenters. The Morgan fingerprint density at radius 1 is 0.336 bits per heavy atom. The summed E-state index contributed by atoms with van der Waals surface area (Å²) in [5.41, 5.74) is -0.0799. The lowest BCUT2D eigenvalue weighted by molar-refractivity contribution is -0.151. The molecule has 0 saturated carbocycles. The SMILES string of the molecule is C=C(Cl)C(=O)NCCc1ccc(Oc2cc3c4c(cc(Oc5ccc(CCNC(=O)C(=C)Cl)cc5)c5c6c(Oc7ccc(CCNC(=O)C(=O)Cl)cc7)cc7c8c(cc(Oc9ccc(CCNC(=O)C(=C)Cl)cc9)c(c2c45)c86)C(=O)N(C(CC(F)(F)F)C(=O)Nc2cccc4ccccc24)C7=O)C(=O)N(C(CC(F)(F)F)C(=O)Nc2cccc4ccccc24)C3=O)cc1. The van der Waals surface area contributed by atoms with Gasteiger partial charge in [-0.25, -0.2) is 0 Å². The number of benzene rings is 13. The summed E-state index contributed by atoms with van der Waals surface area (Å²) in [5, 5.41) is 13.1. The summed E-state index contributed by atoms with van der Waals surface area (Å²) in [6.07, 6.45) is -14.2. The van der Waals surface area contributed by atoms with E-state index in [0.717, 1.165) is 24.3 Å². The van der Waals surface area contributed by atoms with Crippen LogP contribution in [0.3, 0.4) is 0 Å². The van der Waals surface area contributed by atoms with Crippen LogP contribution in [0.1, 0.15) is 76.5 Å². The van der Waals surface area contributed by atoms with Gasteiger partial charge in [-0.05, 0) is 155 Å². The molecule has 2 aliphatic rings. The minimum Gasteiger partial charge on any atom is -0.457 e. The summed E-state index contributed by atoms with van der Waals surface area (Å²) in [5.74, 6) is -13.9. The zero-order valence-corrected chi connectivity index (χ0v) is 69.8. The lowest BCUT2D eigenvalue weighted by Gasteiger charge is -2.36. The van der Waals surface area contributed by atoms with E-state index in [1.165, 1.54) is 72.8 Å². The highest BCUT2D eigenvalue weighted by Crippen LogP contribution is 2.59. The molecule has 10 amide bonds. The molecular weight excluding hydrogens is 1750 g/mol. The van der Waals surface area contributed by atoms with Crippen LogP contribution in [-0.2, 0) is 59.2 Å². The highest BCUT2D eigenvalue weighted by Gasteiger charge is 2.50. The largest absolute Gasteiger partial charge is 0.457 e. The summed E-state index contributed by atoms with van der Waals surface area (Å²) < 4.78 is 122. The molecule has 0 radical (unpaired) electrons. The van der Waals surface area contributed by atoms with E-state index < -0.39 is 147 Å². The van der Waals surface area contributed by atoms with Gasteiger partial charge in [0.1, 0.15) is 58.1 Å². The van der Waals surface area contributed by atoms with E-state index in [-0.39, 0.29) is 154 Å². The fourth-order valence-electron chi connectivity index (χ4n) is 15.6. The van der Waals surface area contributed by atoms with Crippen LogP contribution in [0.25, 0.3) is 64.6 Å². The van der Waals surface area contributed by atoms with Crippen molar-refractivity contribution in [1.82, 2.24) is 31.1 Å². The van der Waals surface area contributed by atoms with Gasteiger partial charge >= 0.3 is 23.5 Å². The Bertz CT molecular complexity index is 6140. The topological polar surface area (TPSA) is 303 Å². The standard InChI is InChI=1S/C95H68Cl4F6N8O15/c1-48(96)84(115)106-38-34-51-18-26-57(27-19-51)125-71-42-63-75-64(91(122)112(90(63)121)69(46-94(100,101)102)87(118)110-67-16-8-12-55-10-4-6-14-61(55)67)44-73(127-59-30-22-53(23-31-59)36-40-108-86(117)50(3)98)79-80-74(128-60-32-24-54(25-33-60)37-41-109-89(120)83(99)114)45-66-76-65(43-72(78(82(76)80)77(71)81(75)79)126-58-28-20-52(21-29-58)35-39-107-85(116)49(2)97)92(123)113(93(66)124)70(47-95(103,104)105)88(119)111-68-17-9-13-56-11-5-7-15-62(56)68/h4-33,42-45,69-70H,1-3,34-41,46-47H2,(H,106,115)(H,107,116)(H,108,117)(H,109,120)(H,110,118)(H,111,119). The molecule has 2 unspecified atom stereocenters. The van der Waals surface area contributed by atoms with Crippen LogP contribution in [0.4, 0.5) is 37.7 Å². The molecule has 0 aromatic heterocycles. The quantitative estimate of drug-likeness (QED) is 0.00434. The monoisotopic (exact) mass is 1810 g/mol. The number of anilines is 2. The predicted molar refractivity (Wildman–Crippen MR) is 471 cm³/mol. The number of ether oxygens (including phenoxy) is 4. The molecule has 6 N–H and O–H groups in total. The van der Waals surface area contributed by atoms with Crippen molar-refractivity contribution >= 4 is 187 Å². The Labute approximate surface area is 742 Å². The Morgan fingerprint density at radius 2 is 0.594 bits per heavy atom. The number of alkyl halides is 6. The third kappa shape index (κ3) is 18.8. The molecular formula is C95H68Cl4F6N8O15. The van der Waals surface area contributed by atoms with Crippen LogP contribution in [0.15, 0.2) is 241 Å². The first kappa shape index (κ1) is 88.5. The second-order valence-electron chi connectivity index (χ2n) is 29.8. The van der Waals surface area contributed by atoms with Gasteiger partial charge in [0.15, 0.2) is 0 Å². The number of carbonyl (C=O) groups is 11. The molecule has 33 heteroatoms. The number of hydrogen-bond donors (Lipinski definition) is 6. The van der Waals surface area contributed by atoms with E-state index in [9.17, 15) is 24.0 Å². The first-order valence-electron chi connectivity index (χ1n) is 39.4. The van der Waals surface area contributed by atoms with Crippen molar-refractivity contribution in [2.24, 2.45) is 0 Å². The van der Waals surface area contributed by atoms with Gasteiger partial charge in [0, 0.05) is 91.4 Å². The number of carbonyl (C=O) groups excluding carboxylic acids is 11. The molecule has 15 rings (SSSR count). The van der Waals surface area contributed by atoms with Crippen LogP contribution in [0.2, 0.25) is 0 Å². The Kier molecular flexibility index (Phi) is 25.3. The van der Waals surface area contributed by atoms with Gasteiger partial charge in [-0.1, -0.05) is 176 Å². The summed E-state index contributed by atoms with van der Waals surface area (Å²) in [7, 11) is 0. The normalized spacial score (nSPS) is 13.0. The van der Waals surface area contributed by atoms with Gasteiger partial charge < -0.3 is 50.8 Å². The van der Waals surface area contributed by atoms with Gasteiger partial charge in [-0.3, -0.25) is 62.5 Å².